The summed E-state index contributed by atoms with van der Waals surface area (Å²) >= 11 is 6.07. The van der Waals surface area contributed by atoms with Crippen LogP contribution in [0.1, 0.15) is 43.7 Å². The molecule has 0 spiro atoms. The molecule has 7 heteroatoms. The first-order valence-electron chi connectivity index (χ1n) is 9.65. The van der Waals surface area contributed by atoms with Crippen molar-refractivity contribution in [2.45, 2.75) is 39.8 Å². The van der Waals surface area contributed by atoms with Crippen molar-refractivity contribution in [1.29, 1.82) is 0 Å². The van der Waals surface area contributed by atoms with Gasteiger partial charge in [0.25, 0.3) is 0 Å². The number of hydrogen-bond donors (Lipinski definition) is 1. The molecule has 0 aliphatic rings. The summed E-state index contributed by atoms with van der Waals surface area (Å²) in [5.41, 5.74) is 3.64. The second-order valence-corrected chi connectivity index (χ2v) is 8.19. The minimum absolute atomic E-state index is 0. The van der Waals surface area contributed by atoms with Crippen LogP contribution >= 0.6 is 24.0 Å². The van der Waals surface area contributed by atoms with E-state index >= 15 is 0 Å². The Morgan fingerprint density at radius 1 is 1.10 bits per heavy atom. The lowest BCUT2D eigenvalue weighted by Crippen LogP contribution is -2.35. The van der Waals surface area contributed by atoms with Crippen LogP contribution in [0.4, 0.5) is 0 Å². The number of nitrogens with zero attached hydrogens (tertiary/aromatic N) is 2. The summed E-state index contributed by atoms with van der Waals surface area (Å²) in [4.78, 5) is 12.7. The SMILES string of the molecule is CCOC(=O)c1nn(-c2ccc(Cl)cc2)c(-c2ccccc2)c1CNC(C)(C)C.Cl. The first-order chi connectivity index (χ1) is 13.8. The Bertz CT molecular complexity index is 978. The maximum Gasteiger partial charge on any atom is 0.359 e. The Morgan fingerprint density at radius 2 is 1.73 bits per heavy atom. The highest BCUT2D eigenvalue weighted by atomic mass is 35.5. The van der Waals surface area contributed by atoms with Gasteiger partial charge < -0.3 is 10.1 Å². The maximum absolute atomic E-state index is 12.7. The van der Waals surface area contributed by atoms with E-state index < -0.39 is 5.97 Å². The highest BCUT2D eigenvalue weighted by molar-refractivity contribution is 6.30. The zero-order chi connectivity index (χ0) is 21.0. The van der Waals surface area contributed by atoms with Crippen molar-refractivity contribution < 1.29 is 9.53 Å². The van der Waals surface area contributed by atoms with E-state index in [-0.39, 0.29) is 17.9 Å². The standard InChI is InChI=1S/C23H26ClN3O2.ClH/c1-5-29-22(28)20-19(15-25-23(2,3)4)21(16-9-7-6-8-10-16)27(26-20)18-13-11-17(24)12-14-18;/h6-14,25H,5,15H2,1-4H3;1H. The normalized spacial score (nSPS) is 11.1. The Morgan fingerprint density at radius 3 is 2.30 bits per heavy atom. The molecular weight excluding hydrogens is 421 g/mol. The van der Waals surface area contributed by atoms with Crippen LogP contribution in [0, 0.1) is 0 Å². The van der Waals surface area contributed by atoms with Gasteiger partial charge in [-0.2, -0.15) is 5.10 Å². The quantitative estimate of drug-likeness (QED) is 0.493. The van der Waals surface area contributed by atoms with E-state index in [1.54, 1.807) is 11.6 Å². The molecule has 0 fully saturated rings. The van der Waals surface area contributed by atoms with Gasteiger partial charge in [-0.25, -0.2) is 9.48 Å². The van der Waals surface area contributed by atoms with Crippen LogP contribution in [0.5, 0.6) is 0 Å². The number of hydrogen-bond acceptors (Lipinski definition) is 4. The minimum Gasteiger partial charge on any atom is -0.461 e. The second-order valence-electron chi connectivity index (χ2n) is 7.75. The Hall–Kier alpha value is -2.34. The van der Waals surface area contributed by atoms with Crippen molar-refractivity contribution >= 4 is 30.0 Å². The van der Waals surface area contributed by atoms with Gasteiger partial charge in [0.1, 0.15) is 0 Å². The van der Waals surface area contributed by atoms with Gasteiger partial charge in [-0.3, -0.25) is 0 Å². The summed E-state index contributed by atoms with van der Waals surface area (Å²) in [5.74, 6) is -0.428. The number of nitrogens with one attached hydrogen (secondary N) is 1. The number of benzene rings is 2. The molecule has 1 heterocycles. The molecular formula is C23H27Cl2N3O2. The third-order valence-electron chi connectivity index (χ3n) is 4.37. The van der Waals surface area contributed by atoms with Gasteiger partial charge in [0.15, 0.2) is 5.69 Å². The van der Waals surface area contributed by atoms with E-state index in [1.165, 1.54) is 0 Å². The van der Waals surface area contributed by atoms with Gasteiger partial charge in [-0.1, -0.05) is 41.9 Å². The Kier molecular flexibility index (Phi) is 8.07. The number of carbonyl (C=O) groups excluding carboxylic acids is 1. The van der Waals surface area contributed by atoms with E-state index in [0.717, 1.165) is 22.5 Å². The third-order valence-corrected chi connectivity index (χ3v) is 4.62. The fourth-order valence-corrected chi connectivity index (χ4v) is 3.12. The number of ether oxygens (including phenoxy) is 1. The number of carbonyl (C=O) groups is 1. The lowest BCUT2D eigenvalue weighted by atomic mass is 10.0. The van der Waals surface area contributed by atoms with Crippen LogP contribution < -0.4 is 5.32 Å². The highest BCUT2D eigenvalue weighted by Crippen LogP contribution is 2.30. The molecule has 5 nitrogen and oxygen atoms in total. The van der Waals surface area contributed by atoms with E-state index in [0.29, 0.717) is 23.9 Å². The molecule has 2 aromatic carbocycles. The molecule has 0 radical (unpaired) electrons. The van der Waals surface area contributed by atoms with Crippen molar-refractivity contribution in [3.63, 3.8) is 0 Å². The Labute approximate surface area is 188 Å². The van der Waals surface area contributed by atoms with E-state index in [9.17, 15) is 4.79 Å². The molecule has 0 unspecified atom stereocenters. The predicted octanol–water partition coefficient (Wildman–Crippen LogP) is 5.68. The van der Waals surface area contributed by atoms with E-state index in [1.807, 2.05) is 54.6 Å². The molecule has 0 saturated heterocycles. The fourth-order valence-electron chi connectivity index (χ4n) is 3.00. The average Bonchev–Trinajstić information content (AvgIpc) is 3.07. The molecule has 0 aliphatic carbocycles. The lowest BCUT2D eigenvalue weighted by Gasteiger charge is -2.21. The van der Waals surface area contributed by atoms with Crippen molar-refractivity contribution in [1.82, 2.24) is 15.1 Å². The van der Waals surface area contributed by atoms with Crippen LogP contribution in [-0.4, -0.2) is 27.9 Å². The summed E-state index contributed by atoms with van der Waals surface area (Å²) in [7, 11) is 0. The lowest BCUT2D eigenvalue weighted by molar-refractivity contribution is 0.0517. The molecule has 0 amide bonds. The van der Waals surface area contributed by atoms with Gasteiger partial charge in [0.2, 0.25) is 0 Å². The van der Waals surface area contributed by atoms with Crippen LogP contribution in [-0.2, 0) is 11.3 Å². The van der Waals surface area contributed by atoms with Gasteiger partial charge in [0, 0.05) is 28.2 Å². The molecule has 1 N–H and O–H groups in total. The fraction of sp³-hybridized carbons (Fsp3) is 0.304. The monoisotopic (exact) mass is 447 g/mol. The number of rotatable bonds is 6. The topological polar surface area (TPSA) is 56.1 Å². The van der Waals surface area contributed by atoms with Crippen LogP contribution in [0.2, 0.25) is 5.02 Å². The van der Waals surface area contributed by atoms with Gasteiger partial charge in [0.05, 0.1) is 18.0 Å². The van der Waals surface area contributed by atoms with E-state index in [4.69, 9.17) is 16.3 Å². The minimum atomic E-state index is -0.428. The number of halogens is 2. The summed E-state index contributed by atoms with van der Waals surface area (Å²) in [6, 6.07) is 17.3. The first kappa shape index (κ1) is 23.9. The maximum atomic E-state index is 12.7. The predicted molar refractivity (Wildman–Crippen MR) is 124 cm³/mol. The molecule has 0 saturated carbocycles. The molecule has 160 valence electrons. The van der Waals surface area contributed by atoms with E-state index in [2.05, 4.69) is 31.2 Å². The third kappa shape index (κ3) is 5.63. The Balaban J connectivity index is 0.00000320. The van der Waals surface area contributed by atoms with Crippen molar-refractivity contribution in [3.05, 3.63) is 70.9 Å². The van der Waals surface area contributed by atoms with Gasteiger partial charge >= 0.3 is 5.97 Å². The summed E-state index contributed by atoms with van der Waals surface area (Å²) < 4.78 is 7.09. The zero-order valence-electron chi connectivity index (χ0n) is 17.6. The summed E-state index contributed by atoms with van der Waals surface area (Å²) in [6.45, 7) is 8.82. The van der Waals surface area contributed by atoms with Crippen molar-refractivity contribution in [3.8, 4) is 16.9 Å². The molecule has 0 bridgehead atoms. The molecule has 0 aliphatic heterocycles. The van der Waals surface area contributed by atoms with Crippen molar-refractivity contribution in [2.24, 2.45) is 0 Å². The molecule has 0 atom stereocenters. The van der Waals surface area contributed by atoms with Crippen LogP contribution in [0.3, 0.4) is 0 Å². The smallest absolute Gasteiger partial charge is 0.359 e. The molecule has 3 rings (SSSR count). The average molecular weight is 448 g/mol. The zero-order valence-corrected chi connectivity index (χ0v) is 19.2. The van der Waals surface area contributed by atoms with Crippen molar-refractivity contribution in [2.75, 3.05) is 6.61 Å². The number of esters is 1. The molecule has 30 heavy (non-hydrogen) atoms. The van der Waals surface area contributed by atoms with Crippen LogP contribution in [0.15, 0.2) is 54.6 Å². The molecule has 1 aromatic heterocycles. The second kappa shape index (κ2) is 10.1. The molecule has 3 aromatic rings. The van der Waals surface area contributed by atoms with Gasteiger partial charge in [-0.05, 0) is 52.0 Å². The van der Waals surface area contributed by atoms with Crippen LogP contribution in [0.25, 0.3) is 16.9 Å². The first-order valence-corrected chi connectivity index (χ1v) is 10.0. The largest absolute Gasteiger partial charge is 0.461 e. The number of aromatic nitrogens is 2. The highest BCUT2D eigenvalue weighted by Gasteiger charge is 2.26. The summed E-state index contributed by atoms with van der Waals surface area (Å²) in [6.07, 6.45) is 0. The van der Waals surface area contributed by atoms with Gasteiger partial charge in [-0.15, -0.1) is 12.4 Å². The summed E-state index contributed by atoms with van der Waals surface area (Å²) in [5, 5.41) is 8.78.